The Morgan fingerprint density at radius 2 is 0.972 bits per heavy atom. The average Bonchev–Trinajstić information content (AvgIpc) is 2.92. The predicted molar refractivity (Wildman–Crippen MR) is 140 cm³/mol. The molecule has 5 rings (SSSR count). The highest BCUT2D eigenvalue weighted by Crippen LogP contribution is 2.31. The third-order valence-electron chi connectivity index (χ3n) is 5.88. The van der Waals surface area contributed by atoms with Crippen LogP contribution in [0.4, 0.5) is 0 Å². The molecule has 0 saturated heterocycles. The smallest absolute Gasteiger partial charge is 0.359 e. The quantitative estimate of drug-likeness (QED) is 0.261. The highest BCUT2D eigenvalue weighted by atomic mass is 16.5. The lowest BCUT2D eigenvalue weighted by molar-refractivity contribution is 0.0502. The predicted octanol–water partition coefficient (Wildman–Crippen LogP) is 6.47. The topological polar surface area (TPSA) is 78.4 Å². The number of aromatic nitrogens is 2. The fourth-order valence-electron chi connectivity index (χ4n) is 4.19. The number of hydrogen-bond donors (Lipinski definition) is 0. The first-order chi connectivity index (χ1) is 17.6. The first-order valence-electron chi connectivity index (χ1n) is 11.8. The monoisotopic (exact) mass is 476 g/mol. The highest BCUT2D eigenvalue weighted by molar-refractivity contribution is 6.01. The molecule has 1 aromatic heterocycles. The standard InChI is InChI=1S/C30H24N2O4/c1-3-35-29(33)27-25(23-15-13-19-9-5-7-11-21(19)17-23)32-28(30(34)36-4-2)26(31-27)24-16-14-20-10-6-8-12-22(20)18-24/h5-18H,3-4H2,1-2H3. The molecule has 0 fully saturated rings. The van der Waals surface area contributed by atoms with Crippen LogP contribution in [0.5, 0.6) is 0 Å². The summed E-state index contributed by atoms with van der Waals surface area (Å²) in [4.78, 5) is 35.5. The molecule has 0 amide bonds. The van der Waals surface area contributed by atoms with E-state index in [1.54, 1.807) is 13.8 Å². The lowest BCUT2D eigenvalue weighted by atomic mass is 10.0. The third kappa shape index (κ3) is 4.41. The second-order valence-electron chi connectivity index (χ2n) is 8.18. The molecule has 178 valence electrons. The molecule has 0 radical (unpaired) electrons. The molecule has 36 heavy (non-hydrogen) atoms. The number of rotatable bonds is 6. The largest absolute Gasteiger partial charge is 0.461 e. The fraction of sp³-hybridized carbons (Fsp3) is 0.133. The van der Waals surface area contributed by atoms with Gasteiger partial charge in [0, 0.05) is 11.1 Å². The molecule has 0 aliphatic rings. The van der Waals surface area contributed by atoms with Crippen molar-refractivity contribution in [2.75, 3.05) is 13.2 Å². The second-order valence-corrected chi connectivity index (χ2v) is 8.18. The SMILES string of the molecule is CCOC(=O)c1nc(-c2ccc3ccccc3c2)c(C(=O)OCC)nc1-c1ccc2ccccc2c1. The van der Waals surface area contributed by atoms with Crippen LogP contribution in [0, 0.1) is 0 Å². The van der Waals surface area contributed by atoms with E-state index in [1.165, 1.54) is 0 Å². The van der Waals surface area contributed by atoms with Crippen molar-refractivity contribution in [2.24, 2.45) is 0 Å². The molecule has 6 nitrogen and oxygen atoms in total. The maximum Gasteiger partial charge on any atom is 0.359 e. The summed E-state index contributed by atoms with van der Waals surface area (Å²) in [5.74, 6) is -1.21. The number of esters is 2. The van der Waals surface area contributed by atoms with Crippen molar-refractivity contribution >= 4 is 33.5 Å². The lowest BCUT2D eigenvalue weighted by Crippen LogP contribution is -2.17. The van der Waals surface area contributed by atoms with Crippen LogP contribution >= 0.6 is 0 Å². The van der Waals surface area contributed by atoms with Crippen LogP contribution in [-0.2, 0) is 9.47 Å². The van der Waals surface area contributed by atoms with Gasteiger partial charge in [-0.3, -0.25) is 0 Å². The minimum absolute atomic E-state index is 0.0448. The van der Waals surface area contributed by atoms with E-state index < -0.39 is 11.9 Å². The van der Waals surface area contributed by atoms with Gasteiger partial charge in [0.2, 0.25) is 0 Å². The Bertz CT molecular complexity index is 1490. The fourth-order valence-corrected chi connectivity index (χ4v) is 4.19. The number of benzene rings is 4. The van der Waals surface area contributed by atoms with Crippen molar-refractivity contribution in [1.29, 1.82) is 0 Å². The minimum atomic E-state index is -0.606. The Balaban J connectivity index is 1.77. The van der Waals surface area contributed by atoms with Crippen LogP contribution in [0.3, 0.4) is 0 Å². The molecule has 0 atom stereocenters. The van der Waals surface area contributed by atoms with Gasteiger partial charge in [0.1, 0.15) is 11.4 Å². The Morgan fingerprint density at radius 1 is 0.583 bits per heavy atom. The molecule has 4 aromatic carbocycles. The second kappa shape index (κ2) is 9.96. The summed E-state index contributed by atoms with van der Waals surface area (Å²) < 4.78 is 10.7. The van der Waals surface area contributed by atoms with Gasteiger partial charge < -0.3 is 9.47 Å². The van der Waals surface area contributed by atoms with Gasteiger partial charge in [-0.2, -0.15) is 0 Å². The summed E-state index contributed by atoms with van der Waals surface area (Å²) in [5.41, 5.74) is 1.94. The van der Waals surface area contributed by atoms with E-state index in [1.807, 2.05) is 84.9 Å². The maximum absolute atomic E-state index is 13.1. The Morgan fingerprint density at radius 3 is 1.36 bits per heavy atom. The van der Waals surface area contributed by atoms with Gasteiger partial charge in [-0.1, -0.05) is 72.8 Å². The molecule has 1 heterocycles. The Hall–Kier alpha value is -4.58. The van der Waals surface area contributed by atoms with Crippen LogP contribution in [-0.4, -0.2) is 35.1 Å². The highest BCUT2D eigenvalue weighted by Gasteiger charge is 2.26. The normalized spacial score (nSPS) is 10.9. The lowest BCUT2D eigenvalue weighted by Gasteiger charge is -2.14. The van der Waals surface area contributed by atoms with E-state index in [0.29, 0.717) is 11.1 Å². The molecule has 0 saturated carbocycles. The van der Waals surface area contributed by atoms with E-state index in [9.17, 15) is 9.59 Å². The van der Waals surface area contributed by atoms with Crippen molar-refractivity contribution in [1.82, 2.24) is 9.97 Å². The number of carbonyl (C=O) groups is 2. The van der Waals surface area contributed by atoms with Crippen molar-refractivity contribution in [3.63, 3.8) is 0 Å². The van der Waals surface area contributed by atoms with Gasteiger partial charge >= 0.3 is 11.9 Å². The summed E-state index contributed by atoms with van der Waals surface area (Å²) in [6.45, 7) is 3.84. The van der Waals surface area contributed by atoms with Crippen LogP contribution < -0.4 is 0 Å². The van der Waals surface area contributed by atoms with Crippen LogP contribution in [0.2, 0.25) is 0 Å². The van der Waals surface area contributed by atoms with E-state index in [0.717, 1.165) is 21.5 Å². The number of nitrogens with zero attached hydrogens (tertiary/aromatic N) is 2. The molecule has 0 aliphatic heterocycles. The zero-order valence-corrected chi connectivity index (χ0v) is 20.0. The zero-order valence-electron chi connectivity index (χ0n) is 20.0. The Labute approximate surface area is 208 Å². The van der Waals surface area contributed by atoms with E-state index in [4.69, 9.17) is 19.4 Å². The first kappa shape index (κ1) is 23.2. The summed E-state index contributed by atoms with van der Waals surface area (Å²) in [6.07, 6.45) is 0. The molecular formula is C30H24N2O4. The molecule has 0 unspecified atom stereocenters. The Kier molecular flexibility index (Phi) is 6.41. The van der Waals surface area contributed by atoms with Gasteiger partial charge in [0.15, 0.2) is 11.4 Å². The van der Waals surface area contributed by atoms with E-state index in [-0.39, 0.29) is 36.0 Å². The number of carbonyl (C=O) groups excluding carboxylic acids is 2. The average molecular weight is 477 g/mol. The number of fused-ring (bicyclic) bond motifs is 2. The summed E-state index contributed by atoms with van der Waals surface area (Å²) in [7, 11) is 0. The van der Waals surface area contributed by atoms with Crippen LogP contribution in [0.1, 0.15) is 34.8 Å². The van der Waals surface area contributed by atoms with E-state index >= 15 is 0 Å². The van der Waals surface area contributed by atoms with Gasteiger partial charge in [-0.25, -0.2) is 19.6 Å². The molecule has 6 heteroatoms. The van der Waals surface area contributed by atoms with E-state index in [2.05, 4.69) is 0 Å². The summed E-state index contributed by atoms with van der Waals surface area (Å²) in [5, 5.41) is 4.04. The van der Waals surface area contributed by atoms with Gasteiger partial charge in [-0.15, -0.1) is 0 Å². The van der Waals surface area contributed by atoms with Crippen molar-refractivity contribution in [3.8, 4) is 22.5 Å². The van der Waals surface area contributed by atoms with Gasteiger partial charge in [-0.05, 0) is 47.5 Å². The zero-order chi connectivity index (χ0) is 25.1. The van der Waals surface area contributed by atoms with Crippen LogP contribution in [0.15, 0.2) is 84.9 Å². The summed E-state index contributed by atoms with van der Waals surface area (Å²) >= 11 is 0. The molecule has 0 N–H and O–H groups in total. The molecule has 0 spiro atoms. The van der Waals surface area contributed by atoms with Crippen molar-refractivity contribution in [3.05, 3.63) is 96.3 Å². The number of hydrogen-bond acceptors (Lipinski definition) is 6. The van der Waals surface area contributed by atoms with Crippen LogP contribution in [0.25, 0.3) is 44.1 Å². The molecule has 5 aromatic rings. The maximum atomic E-state index is 13.1. The molecule has 0 bridgehead atoms. The number of ether oxygens (including phenoxy) is 2. The minimum Gasteiger partial charge on any atom is -0.461 e. The third-order valence-corrected chi connectivity index (χ3v) is 5.88. The van der Waals surface area contributed by atoms with Crippen molar-refractivity contribution in [2.45, 2.75) is 13.8 Å². The molecular weight excluding hydrogens is 452 g/mol. The summed E-state index contributed by atoms with van der Waals surface area (Å²) in [6, 6.07) is 27.2. The van der Waals surface area contributed by atoms with Gasteiger partial charge in [0.25, 0.3) is 0 Å². The van der Waals surface area contributed by atoms with Gasteiger partial charge in [0.05, 0.1) is 13.2 Å². The first-order valence-corrected chi connectivity index (χ1v) is 11.8. The van der Waals surface area contributed by atoms with Crippen molar-refractivity contribution < 1.29 is 19.1 Å². The molecule has 0 aliphatic carbocycles.